The Balaban J connectivity index is 1.98. The van der Waals surface area contributed by atoms with E-state index in [1.54, 1.807) is 20.8 Å². The van der Waals surface area contributed by atoms with Crippen LogP contribution >= 0.6 is 0 Å². The molecule has 154 valence electrons. The molecule has 1 heterocycles. The predicted octanol–water partition coefficient (Wildman–Crippen LogP) is 0.928. The number of nitrogens with two attached hydrogens (primary N) is 2. The van der Waals surface area contributed by atoms with Crippen molar-refractivity contribution >= 4 is 17.9 Å². The largest absolute Gasteiger partial charge is 0.444 e. The van der Waals surface area contributed by atoms with E-state index in [2.05, 4.69) is 5.32 Å². The summed E-state index contributed by atoms with van der Waals surface area (Å²) < 4.78 is 5.36. The van der Waals surface area contributed by atoms with Gasteiger partial charge in [0.25, 0.3) is 0 Å². The van der Waals surface area contributed by atoms with E-state index in [-0.39, 0.29) is 25.9 Å². The Labute approximate surface area is 165 Å². The van der Waals surface area contributed by atoms with Gasteiger partial charge < -0.3 is 26.4 Å². The normalized spacial score (nSPS) is 17.5. The zero-order chi connectivity index (χ0) is 20.9. The molecule has 8 nitrogen and oxygen atoms in total. The van der Waals surface area contributed by atoms with Crippen LogP contribution in [0.4, 0.5) is 4.79 Å². The molecule has 0 aliphatic carbocycles. The quantitative estimate of drug-likeness (QED) is 0.689. The molecule has 1 aliphatic rings. The van der Waals surface area contributed by atoms with Crippen molar-refractivity contribution in [2.24, 2.45) is 11.5 Å². The maximum Gasteiger partial charge on any atom is 0.410 e. The number of nitrogens with zero attached hydrogens (tertiary/aromatic N) is 1. The number of rotatable bonds is 5. The van der Waals surface area contributed by atoms with Crippen LogP contribution in [0, 0.1) is 0 Å². The number of amides is 3. The monoisotopic (exact) mass is 390 g/mol. The lowest BCUT2D eigenvalue weighted by molar-refractivity contribution is -0.134. The van der Waals surface area contributed by atoms with Crippen LogP contribution in [-0.2, 0) is 20.7 Å². The zero-order valence-corrected chi connectivity index (χ0v) is 16.7. The van der Waals surface area contributed by atoms with Crippen molar-refractivity contribution in [3.05, 3.63) is 35.9 Å². The fourth-order valence-electron chi connectivity index (χ4n) is 3.12. The van der Waals surface area contributed by atoms with E-state index in [0.717, 1.165) is 5.56 Å². The molecule has 1 aliphatic heterocycles. The first-order chi connectivity index (χ1) is 13.0. The maximum absolute atomic E-state index is 12.6. The SMILES string of the molecule is CC(C)(C)OC(=O)N1CCC(NC(=O)C(N)Cc2ccccc2)(C(N)=O)CC1. The molecule has 0 aromatic heterocycles. The van der Waals surface area contributed by atoms with Gasteiger partial charge in [0.05, 0.1) is 6.04 Å². The number of likely N-dealkylation sites (tertiary alicyclic amines) is 1. The van der Waals surface area contributed by atoms with E-state index in [1.165, 1.54) is 4.90 Å². The van der Waals surface area contributed by atoms with E-state index in [1.807, 2.05) is 30.3 Å². The topological polar surface area (TPSA) is 128 Å². The Morgan fingerprint density at radius 1 is 1.18 bits per heavy atom. The van der Waals surface area contributed by atoms with Crippen molar-refractivity contribution in [1.82, 2.24) is 10.2 Å². The molecule has 2 rings (SSSR count). The fourth-order valence-corrected chi connectivity index (χ4v) is 3.12. The summed E-state index contributed by atoms with van der Waals surface area (Å²) in [5, 5.41) is 2.74. The maximum atomic E-state index is 12.6. The molecule has 8 heteroatoms. The van der Waals surface area contributed by atoms with E-state index >= 15 is 0 Å². The van der Waals surface area contributed by atoms with Gasteiger partial charge in [-0.25, -0.2) is 4.79 Å². The van der Waals surface area contributed by atoms with Gasteiger partial charge in [-0.2, -0.15) is 0 Å². The van der Waals surface area contributed by atoms with Crippen LogP contribution < -0.4 is 16.8 Å². The molecule has 1 aromatic rings. The van der Waals surface area contributed by atoms with Crippen LogP contribution in [0.1, 0.15) is 39.2 Å². The van der Waals surface area contributed by atoms with Crippen molar-refractivity contribution in [2.75, 3.05) is 13.1 Å². The van der Waals surface area contributed by atoms with E-state index < -0.39 is 35.1 Å². The molecular weight excluding hydrogens is 360 g/mol. The van der Waals surface area contributed by atoms with Crippen LogP contribution in [0.15, 0.2) is 30.3 Å². The lowest BCUT2D eigenvalue weighted by Gasteiger charge is -2.40. The molecule has 0 bridgehead atoms. The van der Waals surface area contributed by atoms with Crippen LogP contribution in [0.25, 0.3) is 0 Å². The van der Waals surface area contributed by atoms with Crippen LogP contribution in [0.5, 0.6) is 0 Å². The third-order valence-corrected chi connectivity index (χ3v) is 4.74. The Kier molecular flexibility index (Phi) is 6.66. The van der Waals surface area contributed by atoms with Gasteiger partial charge in [-0.05, 0) is 45.6 Å². The number of hydrogen-bond acceptors (Lipinski definition) is 5. The number of piperidine rings is 1. The number of primary amides is 1. The molecule has 0 spiro atoms. The molecule has 0 saturated carbocycles. The molecule has 28 heavy (non-hydrogen) atoms. The van der Waals surface area contributed by atoms with Crippen LogP contribution in [-0.4, -0.2) is 53.1 Å². The third-order valence-electron chi connectivity index (χ3n) is 4.74. The first-order valence-corrected chi connectivity index (χ1v) is 9.42. The highest BCUT2D eigenvalue weighted by molar-refractivity contribution is 5.92. The fraction of sp³-hybridized carbons (Fsp3) is 0.550. The van der Waals surface area contributed by atoms with Crippen molar-refractivity contribution in [1.29, 1.82) is 0 Å². The average Bonchev–Trinajstić information content (AvgIpc) is 2.61. The Bertz CT molecular complexity index is 707. The minimum atomic E-state index is -1.22. The highest BCUT2D eigenvalue weighted by Gasteiger charge is 2.43. The van der Waals surface area contributed by atoms with Crippen molar-refractivity contribution in [2.45, 2.75) is 57.2 Å². The Morgan fingerprint density at radius 3 is 2.25 bits per heavy atom. The lowest BCUT2D eigenvalue weighted by Crippen LogP contribution is -2.65. The highest BCUT2D eigenvalue weighted by Crippen LogP contribution is 2.24. The minimum absolute atomic E-state index is 0.214. The average molecular weight is 390 g/mol. The molecule has 0 radical (unpaired) electrons. The molecule has 1 unspecified atom stereocenters. The van der Waals surface area contributed by atoms with Gasteiger partial charge in [0, 0.05) is 13.1 Å². The van der Waals surface area contributed by atoms with Crippen molar-refractivity contribution in [3.8, 4) is 0 Å². The summed E-state index contributed by atoms with van der Waals surface area (Å²) in [6.45, 7) is 5.88. The highest BCUT2D eigenvalue weighted by atomic mass is 16.6. The first kappa shape index (κ1) is 21.7. The molecule has 5 N–H and O–H groups in total. The van der Waals surface area contributed by atoms with Gasteiger partial charge in [0.2, 0.25) is 11.8 Å². The van der Waals surface area contributed by atoms with Crippen LogP contribution in [0.3, 0.4) is 0 Å². The summed E-state index contributed by atoms with van der Waals surface area (Å²) in [5.41, 5.74) is 10.7. The summed E-state index contributed by atoms with van der Waals surface area (Å²) in [4.78, 5) is 38.4. The molecular formula is C20H30N4O4. The van der Waals surface area contributed by atoms with Gasteiger partial charge in [-0.15, -0.1) is 0 Å². The van der Waals surface area contributed by atoms with Gasteiger partial charge >= 0.3 is 6.09 Å². The van der Waals surface area contributed by atoms with E-state index in [0.29, 0.717) is 6.42 Å². The van der Waals surface area contributed by atoms with Gasteiger partial charge in [0.15, 0.2) is 0 Å². The molecule has 1 aromatic carbocycles. The predicted molar refractivity (Wildman–Crippen MR) is 105 cm³/mol. The molecule has 1 atom stereocenters. The first-order valence-electron chi connectivity index (χ1n) is 9.42. The van der Waals surface area contributed by atoms with Crippen molar-refractivity contribution in [3.63, 3.8) is 0 Å². The summed E-state index contributed by atoms with van der Waals surface area (Å²) >= 11 is 0. The second kappa shape index (κ2) is 8.60. The van der Waals surface area contributed by atoms with E-state index in [9.17, 15) is 14.4 Å². The lowest BCUT2D eigenvalue weighted by atomic mass is 9.86. The molecule has 3 amide bonds. The standard InChI is InChI=1S/C20H30N4O4/c1-19(2,3)28-18(27)24-11-9-20(10-12-24,17(22)26)23-16(25)15(21)13-14-7-5-4-6-8-14/h4-8,15H,9-13,21H2,1-3H3,(H2,22,26)(H,23,25). The summed E-state index contributed by atoms with van der Waals surface area (Å²) in [6, 6.07) is 8.60. The number of nitrogens with one attached hydrogen (secondary N) is 1. The van der Waals surface area contributed by atoms with E-state index in [4.69, 9.17) is 16.2 Å². The van der Waals surface area contributed by atoms with Gasteiger partial charge in [-0.3, -0.25) is 9.59 Å². The number of benzene rings is 1. The summed E-state index contributed by atoms with van der Waals surface area (Å²) in [6.07, 6.45) is 0.333. The second-order valence-corrected chi connectivity index (χ2v) is 8.20. The Hall–Kier alpha value is -2.61. The number of hydrogen-bond donors (Lipinski definition) is 3. The summed E-state index contributed by atoms with van der Waals surface area (Å²) in [7, 11) is 0. The van der Waals surface area contributed by atoms with Gasteiger partial charge in [-0.1, -0.05) is 30.3 Å². The van der Waals surface area contributed by atoms with Crippen molar-refractivity contribution < 1.29 is 19.1 Å². The molecule has 1 saturated heterocycles. The number of carbonyl (C=O) groups is 3. The molecule has 1 fully saturated rings. The smallest absolute Gasteiger partial charge is 0.410 e. The Morgan fingerprint density at radius 2 is 1.75 bits per heavy atom. The number of ether oxygens (including phenoxy) is 1. The zero-order valence-electron chi connectivity index (χ0n) is 16.7. The number of carbonyl (C=O) groups excluding carboxylic acids is 3. The minimum Gasteiger partial charge on any atom is -0.444 e. The van der Waals surface area contributed by atoms with Crippen LogP contribution in [0.2, 0.25) is 0 Å². The summed E-state index contributed by atoms with van der Waals surface area (Å²) in [5.74, 6) is -1.06. The third kappa shape index (κ3) is 5.69. The second-order valence-electron chi connectivity index (χ2n) is 8.20. The van der Waals surface area contributed by atoms with Gasteiger partial charge in [0.1, 0.15) is 11.1 Å².